The summed E-state index contributed by atoms with van der Waals surface area (Å²) in [6.07, 6.45) is 5.43. The summed E-state index contributed by atoms with van der Waals surface area (Å²) in [5.74, 6) is 0.456. The molecule has 0 aliphatic rings. The number of hydrogen-bond acceptors (Lipinski definition) is 6. The lowest BCUT2D eigenvalue weighted by Crippen LogP contribution is -2.20. The number of rotatable bonds is 6. The van der Waals surface area contributed by atoms with Crippen molar-refractivity contribution in [3.63, 3.8) is 0 Å². The quantitative estimate of drug-likeness (QED) is 0.644. The Labute approximate surface area is 155 Å². The second kappa shape index (κ2) is 7.64. The monoisotopic (exact) mass is 368 g/mol. The summed E-state index contributed by atoms with van der Waals surface area (Å²) in [5.41, 5.74) is 8.15. The number of benzene rings is 1. The van der Waals surface area contributed by atoms with E-state index in [0.29, 0.717) is 15.9 Å². The molecule has 2 heterocycles. The molecule has 0 radical (unpaired) electrons. The van der Waals surface area contributed by atoms with E-state index < -0.39 is 10.7 Å². The lowest BCUT2D eigenvalue weighted by Gasteiger charge is -2.25. The fourth-order valence-corrected chi connectivity index (χ4v) is 4.33. The third-order valence-electron chi connectivity index (χ3n) is 4.71. The van der Waals surface area contributed by atoms with Crippen molar-refractivity contribution in [1.29, 1.82) is 5.26 Å². The molecule has 2 unspecified atom stereocenters. The Hall–Kier alpha value is -2.76. The van der Waals surface area contributed by atoms with Crippen molar-refractivity contribution >= 4 is 15.7 Å². The van der Waals surface area contributed by atoms with Gasteiger partial charge in [0, 0.05) is 0 Å². The van der Waals surface area contributed by atoms with Crippen LogP contribution in [0.5, 0.6) is 0 Å². The van der Waals surface area contributed by atoms with Crippen LogP contribution in [-0.4, -0.2) is 19.7 Å². The normalized spacial score (nSPS) is 13.0. The van der Waals surface area contributed by atoms with Gasteiger partial charge >= 0.3 is 0 Å². The highest BCUT2D eigenvalue weighted by Crippen LogP contribution is 2.37. The van der Waals surface area contributed by atoms with Gasteiger partial charge in [0.15, 0.2) is 0 Å². The van der Waals surface area contributed by atoms with Crippen LogP contribution in [0.15, 0.2) is 36.9 Å². The molecule has 134 valence electrons. The van der Waals surface area contributed by atoms with Crippen LogP contribution in [0, 0.1) is 17.2 Å². The first-order chi connectivity index (χ1) is 12.6. The van der Waals surface area contributed by atoms with Crippen molar-refractivity contribution < 1.29 is 0 Å². The summed E-state index contributed by atoms with van der Waals surface area (Å²) in [6.45, 7) is 4.38. The van der Waals surface area contributed by atoms with Gasteiger partial charge in [-0.2, -0.15) is 15.3 Å². The predicted octanol–water partition coefficient (Wildman–Crippen LogP) is 3.28. The van der Waals surface area contributed by atoms with E-state index in [2.05, 4.69) is 41.0 Å². The van der Waals surface area contributed by atoms with Crippen LogP contribution in [0.4, 0.5) is 5.00 Å². The van der Waals surface area contributed by atoms with Crippen LogP contribution >= 0.6 is 10.7 Å². The number of thiazole rings is 1. The Bertz CT molecular complexity index is 902. The first kappa shape index (κ1) is 18.0. The fraction of sp³-hybridized carbons (Fsp3) is 0.333. The first-order valence-corrected chi connectivity index (χ1v) is 9.81. The molecule has 2 atom stereocenters. The summed E-state index contributed by atoms with van der Waals surface area (Å²) in [6, 6.07) is 10.2. The van der Waals surface area contributed by atoms with Gasteiger partial charge in [-0.3, -0.25) is 0 Å². The number of nitrogen functional groups attached to an aromatic ring is 2. The molecule has 1 aromatic carbocycles. The molecular weight excluding hydrogens is 346 g/mol. The van der Waals surface area contributed by atoms with E-state index in [1.807, 2.05) is 22.9 Å². The van der Waals surface area contributed by atoms with E-state index in [9.17, 15) is 0 Å². The molecule has 0 bridgehead atoms. The van der Waals surface area contributed by atoms with Crippen LogP contribution in [0.2, 0.25) is 0 Å². The standard InChI is InChI=1S/C18H22N7S/c1-3-12(4-2)16(25-11-22-10-23-25)13-5-7-14(8-6-13)18-24-15(9-19)17(20)26(18)21/h5-8,10-12,16H,3-4,20-21H2,1-2H3/q+1. The van der Waals surface area contributed by atoms with Crippen LogP contribution in [0.3, 0.4) is 0 Å². The third-order valence-corrected chi connectivity index (χ3v) is 6.12. The molecule has 0 saturated carbocycles. The molecule has 7 nitrogen and oxygen atoms in total. The number of nitrogens with two attached hydrogens (primary N) is 2. The summed E-state index contributed by atoms with van der Waals surface area (Å²) in [7, 11) is -0.838. The topological polar surface area (TPSA) is 119 Å². The molecular formula is C18H22N7S+. The highest BCUT2D eigenvalue weighted by atomic mass is 32.2. The lowest BCUT2D eigenvalue weighted by atomic mass is 9.88. The van der Waals surface area contributed by atoms with Gasteiger partial charge in [0.05, 0.1) is 11.6 Å². The number of anilines is 1. The van der Waals surface area contributed by atoms with Crippen molar-refractivity contribution in [3.05, 3.63) is 48.2 Å². The van der Waals surface area contributed by atoms with E-state index in [4.69, 9.17) is 16.1 Å². The van der Waals surface area contributed by atoms with Crippen LogP contribution in [0.1, 0.15) is 44.0 Å². The lowest BCUT2D eigenvalue weighted by molar-refractivity contribution is 0.332. The fourth-order valence-electron chi connectivity index (χ4n) is 3.25. The van der Waals surface area contributed by atoms with Crippen molar-refractivity contribution in [2.24, 2.45) is 5.92 Å². The molecule has 0 fully saturated rings. The maximum absolute atomic E-state index is 9.10. The predicted molar refractivity (Wildman–Crippen MR) is 104 cm³/mol. The zero-order valence-corrected chi connectivity index (χ0v) is 15.6. The van der Waals surface area contributed by atoms with Gasteiger partial charge < -0.3 is 5.73 Å². The summed E-state index contributed by atoms with van der Waals surface area (Å²) in [5, 5.41) is 20.6. The Morgan fingerprint density at radius 3 is 2.42 bits per heavy atom. The minimum Gasteiger partial charge on any atom is -0.352 e. The van der Waals surface area contributed by atoms with Gasteiger partial charge in [-0.25, -0.2) is 9.67 Å². The van der Waals surface area contributed by atoms with Gasteiger partial charge in [-0.1, -0.05) is 38.8 Å². The summed E-state index contributed by atoms with van der Waals surface area (Å²) < 4.78 is 1.92. The molecule has 0 aliphatic carbocycles. The van der Waals surface area contributed by atoms with E-state index in [-0.39, 0.29) is 11.7 Å². The summed E-state index contributed by atoms with van der Waals surface area (Å²) >= 11 is 0. The zero-order valence-electron chi connectivity index (χ0n) is 14.8. The van der Waals surface area contributed by atoms with Gasteiger partial charge in [0.25, 0.3) is 10.0 Å². The molecule has 3 aromatic rings. The molecule has 3 rings (SSSR count). The van der Waals surface area contributed by atoms with E-state index in [1.165, 1.54) is 0 Å². The first-order valence-electron chi connectivity index (χ1n) is 8.52. The maximum Gasteiger partial charge on any atom is 0.298 e. The molecule has 0 amide bonds. The van der Waals surface area contributed by atoms with Crippen molar-refractivity contribution in [2.45, 2.75) is 32.7 Å². The Morgan fingerprint density at radius 2 is 1.92 bits per heavy atom. The SMILES string of the molecule is CCC(CC)C(c1ccc(-c2nc(C#N)c(N)[s+]2N)cc1)n1cncn1. The Kier molecular flexibility index (Phi) is 5.30. The van der Waals surface area contributed by atoms with Crippen LogP contribution < -0.4 is 10.9 Å². The van der Waals surface area contributed by atoms with E-state index in [1.54, 1.807) is 12.7 Å². The third kappa shape index (κ3) is 3.19. The highest BCUT2D eigenvalue weighted by Gasteiger charge is 2.27. The Morgan fingerprint density at radius 1 is 1.23 bits per heavy atom. The molecule has 8 heteroatoms. The van der Waals surface area contributed by atoms with Crippen molar-refractivity contribution in [1.82, 2.24) is 19.7 Å². The zero-order chi connectivity index (χ0) is 18.7. The smallest absolute Gasteiger partial charge is 0.298 e. The molecule has 26 heavy (non-hydrogen) atoms. The van der Waals surface area contributed by atoms with E-state index >= 15 is 0 Å². The minimum atomic E-state index is -0.838. The van der Waals surface area contributed by atoms with Crippen LogP contribution in [0.25, 0.3) is 10.6 Å². The molecule has 2 aromatic heterocycles. The number of nitrogens with zero attached hydrogens (tertiary/aromatic N) is 5. The van der Waals surface area contributed by atoms with Gasteiger partial charge in [-0.05, 0) is 23.6 Å². The number of nitriles is 1. The van der Waals surface area contributed by atoms with Gasteiger partial charge in [-0.15, -0.1) is 5.14 Å². The second-order valence-electron chi connectivity index (χ2n) is 6.10. The van der Waals surface area contributed by atoms with Gasteiger partial charge in [0.2, 0.25) is 5.69 Å². The maximum atomic E-state index is 9.10. The molecule has 0 saturated heterocycles. The number of aromatic nitrogens is 4. The average Bonchev–Trinajstić information content (AvgIpc) is 3.29. The largest absolute Gasteiger partial charge is 0.352 e. The van der Waals surface area contributed by atoms with Crippen molar-refractivity contribution in [3.8, 4) is 16.6 Å². The number of hydrogen-bond donors (Lipinski definition) is 2. The summed E-state index contributed by atoms with van der Waals surface area (Å²) in [4.78, 5) is 8.40. The molecule has 0 aliphatic heterocycles. The highest BCUT2D eigenvalue weighted by molar-refractivity contribution is 7.37. The second-order valence-corrected chi connectivity index (χ2v) is 7.60. The molecule has 0 spiro atoms. The molecule has 4 N–H and O–H groups in total. The average molecular weight is 368 g/mol. The van der Waals surface area contributed by atoms with E-state index in [0.717, 1.165) is 24.0 Å². The van der Waals surface area contributed by atoms with Crippen molar-refractivity contribution in [2.75, 3.05) is 10.9 Å². The minimum absolute atomic E-state index is 0.126. The van der Waals surface area contributed by atoms with Gasteiger partial charge in [0.1, 0.15) is 29.4 Å². The Balaban J connectivity index is 1.99. The van der Waals surface area contributed by atoms with Crippen LogP contribution in [-0.2, 0) is 0 Å².